The van der Waals surface area contributed by atoms with Crippen LogP contribution in [0.1, 0.15) is 20.3 Å². The molecule has 0 bridgehead atoms. The van der Waals surface area contributed by atoms with Crippen LogP contribution in [0.4, 0.5) is 5.69 Å². The Bertz CT molecular complexity index is 476. The smallest absolute Gasteiger partial charge is 0.265 e. The summed E-state index contributed by atoms with van der Waals surface area (Å²) in [6.07, 6.45) is 1.05. The van der Waals surface area contributed by atoms with Crippen LogP contribution in [0.25, 0.3) is 0 Å². The first-order chi connectivity index (χ1) is 9.58. The topological polar surface area (TPSA) is 38.8 Å². The van der Waals surface area contributed by atoms with Gasteiger partial charge in [-0.1, -0.05) is 13.8 Å². The van der Waals surface area contributed by atoms with Crippen molar-refractivity contribution >= 4 is 34.2 Å². The van der Waals surface area contributed by atoms with Gasteiger partial charge in [0.25, 0.3) is 5.91 Å². The van der Waals surface area contributed by atoms with Gasteiger partial charge in [-0.3, -0.25) is 4.79 Å². The molecule has 0 fully saturated rings. The second-order valence-corrected chi connectivity index (χ2v) is 6.49. The van der Waals surface area contributed by atoms with E-state index in [9.17, 15) is 4.79 Å². The summed E-state index contributed by atoms with van der Waals surface area (Å²) in [5, 5.41) is 0. The van der Waals surface area contributed by atoms with E-state index in [4.69, 9.17) is 9.47 Å². The summed E-state index contributed by atoms with van der Waals surface area (Å²) < 4.78 is 12.2. The van der Waals surface area contributed by atoms with Gasteiger partial charge in [0, 0.05) is 16.7 Å². The normalized spacial score (nSPS) is 14.4. The SMILES string of the molecule is CC(C)CCOCCN1C(=O)COc2cc(I)ccc21. The van der Waals surface area contributed by atoms with Gasteiger partial charge in [-0.2, -0.15) is 0 Å². The summed E-state index contributed by atoms with van der Waals surface area (Å²) in [4.78, 5) is 13.7. The lowest BCUT2D eigenvalue weighted by atomic mass is 10.1. The predicted octanol–water partition coefficient (Wildman–Crippen LogP) is 3.08. The molecule has 0 saturated carbocycles. The summed E-state index contributed by atoms with van der Waals surface area (Å²) >= 11 is 2.24. The van der Waals surface area contributed by atoms with Crippen LogP contribution < -0.4 is 9.64 Å². The first-order valence-corrected chi connectivity index (χ1v) is 7.96. The first-order valence-electron chi connectivity index (χ1n) is 6.88. The van der Waals surface area contributed by atoms with Crippen molar-refractivity contribution in [2.75, 3.05) is 31.3 Å². The van der Waals surface area contributed by atoms with E-state index in [1.807, 2.05) is 18.2 Å². The summed E-state index contributed by atoms with van der Waals surface area (Å²) in [5.74, 6) is 1.41. The average Bonchev–Trinajstić information content (AvgIpc) is 2.40. The first kappa shape index (κ1) is 15.6. The number of anilines is 1. The van der Waals surface area contributed by atoms with Crippen molar-refractivity contribution in [1.29, 1.82) is 0 Å². The van der Waals surface area contributed by atoms with Crippen LogP contribution in [0.2, 0.25) is 0 Å². The third-order valence-corrected chi connectivity index (χ3v) is 3.83. The Hall–Kier alpha value is -0.820. The zero-order valence-corrected chi connectivity index (χ0v) is 14.1. The van der Waals surface area contributed by atoms with Gasteiger partial charge in [0.15, 0.2) is 6.61 Å². The van der Waals surface area contributed by atoms with Crippen molar-refractivity contribution < 1.29 is 14.3 Å². The number of amides is 1. The third-order valence-electron chi connectivity index (χ3n) is 3.16. The maximum absolute atomic E-state index is 12.0. The summed E-state index contributed by atoms with van der Waals surface area (Å²) in [6, 6.07) is 5.87. The molecule has 0 radical (unpaired) electrons. The van der Waals surface area contributed by atoms with Crippen molar-refractivity contribution in [2.45, 2.75) is 20.3 Å². The summed E-state index contributed by atoms with van der Waals surface area (Å²) in [6.45, 7) is 6.34. The Morgan fingerprint density at radius 1 is 1.40 bits per heavy atom. The van der Waals surface area contributed by atoms with Crippen LogP contribution in [0, 0.1) is 9.49 Å². The van der Waals surface area contributed by atoms with E-state index in [1.165, 1.54) is 0 Å². The van der Waals surface area contributed by atoms with Gasteiger partial charge < -0.3 is 14.4 Å². The van der Waals surface area contributed by atoms with E-state index < -0.39 is 0 Å². The number of nitrogens with zero attached hydrogens (tertiary/aromatic N) is 1. The Morgan fingerprint density at radius 2 is 2.20 bits per heavy atom. The van der Waals surface area contributed by atoms with E-state index in [0.717, 1.165) is 28.0 Å². The van der Waals surface area contributed by atoms with Crippen molar-refractivity contribution in [3.05, 3.63) is 21.8 Å². The molecule has 0 atom stereocenters. The lowest BCUT2D eigenvalue weighted by Crippen LogP contribution is -2.40. The number of hydrogen-bond acceptors (Lipinski definition) is 3. The molecular formula is C15H20INO3. The average molecular weight is 389 g/mol. The molecule has 1 aliphatic heterocycles. The molecule has 20 heavy (non-hydrogen) atoms. The standard InChI is InChI=1S/C15H20INO3/c1-11(2)5-7-19-8-6-17-13-4-3-12(16)9-14(13)20-10-15(17)18/h3-4,9,11H,5-8,10H2,1-2H3. The van der Waals surface area contributed by atoms with E-state index >= 15 is 0 Å². The minimum Gasteiger partial charge on any atom is -0.482 e. The molecule has 2 rings (SSSR count). The minimum atomic E-state index is -0.00818. The van der Waals surface area contributed by atoms with Gasteiger partial charge in [-0.15, -0.1) is 0 Å². The van der Waals surface area contributed by atoms with Crippen LogP contribution in [0.3, 0.4) is 0 Å². The molecule has 0 saturated heterocycles. The number of carbonyl (C=O) groups excluding carboxylic acids is 1. The van der Waals surface area contributed by atoms with Gasteiger partial charge in [0.2, 0.25) is 0 Å². The van der Waals surface area contributed by atoms with Gasteiger partial charge in [-0.05, 0) is 53.1 Å². The second kappa shape index (κ2) is 7.26. The van der Waals surface area contributed by atoms with Gasteiger partial charge in [0.1, 0.15) is 5.75 Å². The lowest BCUT2D eigenvalue weighted by molar-refractivity contribution is -0.121. The number of halogens is 1. The fourth-order valence-electron chi connectivity index (χ4n) is 2.00. The highest BCUT2D eigenvalue weighted by molar-refractivity contribution is 14.1. The highest BCUT2D eigenvalue weighted by Crippen LogP contribution is 2.33. The van der Waals surface area contributed by atoms with Gasteiger partial charge >= 0.3 is 0 Å². The molecule has 1 aliphatic rings. The zero-order chi connectivity index (χ0) is 14.5. The van der Waals surface area contributed by atoms with Crippen molar-refractivity contribution in [3.63, 3.8) is 0 Å². The lowest BCUT2D eigenvalue weighted by Gasteiger charge is -2.29. The van der Waals surface area contributed by atoms with Crippen LogP contribution >= 0.6 is 22.6 Å². The van der Waals surface area contributed by atoms with E-state index in [0.29, 0.717) is 19.1 Å². The Kier molecular flexibility index (Phi) is 5.65. The number of fused-ring (bicyclic) bond motifs is 1. The Morgan fingerprint density at radius 3 is 2.95 bits per heavy atom. The van der Waals surface area contributed by atoms with E-state index in [-0.39, 0.29) is 12.5 Å². The van der Waals surface area contributed by atoms with E-state index in [1.54, 1.807) is 4.90 Å². The molecule has 5 heteroatoms. The Balaban J connectivity index is 1.92. The monoisotopic (exact) mass is 389 g/mol. The molecule has 4 nitrogen and oxygen atoms in total. The van der Waals surface area contributed by atoms with Gasteiger partial charge in [0.05, 0.1) is 12.3 Å². The maximum atomic E-state index is 12.0. The fourth-order valence-corrected chi connectivity index (χ4v) is 2.46. The minimum absolute atomic E-state index is 0.00818. The summed E-state index contributed by atoms with van der Waals surface area (Å²) in [5.41, 5.74) is 0.842. The molecule has 1 aromatic rings. The molecule has 0 aliphatic carbocycles. The number of ether oxygens (including phenoxy) is 2. The van der Waals surface area contributed by atoms with Crippen LogP contribution in [-0.2, 0) is 9.53 Å². The molecular weight excluding hydrogens is 369 g/mol. The fraction of sp³-hybridized carbons (Fsp3) is 0.533. The third kappa shape index (κ3) is 4.09. The molecule has 0 unspecified atom stereocenters. The number of benzene rings is 1. The maximum Gasteiger partial charge on any atom is 0.265 e. The Labute approximate surface area is 133 Å². The molecule has 1 heterocycles. The van der Waals surface area contributed by atoms with Gasteiger partial charge in [-0.25, -0.2) is 0 Å². The molecule has 1 amide bonds. The quantitative estimate of drug-likeness (QED) is 0.555. The second-order valence-electron chi connectivity index (χ2n) is 5.24. The molecule has 1 aromatic carbocycles. The van der Waals surface area contributed by atoms with Crippen molar-refractivity contribution in [1.82, 2.24) is 0 Å². The van der Waals surface area contributed by atoms with Crippen molar-refractivity contribution in [3.8, 4) is 5.75 Å². The summed E-state index contributed by atoms with van der Waals surface area (Å²) in [7, 11) is 0. The molecule has 0 N–H and O–H groups in total. The van der Waals surface area contributed by atoms with Crippen LogP contribution in [0.15, 0.2) is 18.2 Å². The zero-order valence-electron chi connectivity index (χ0n) is 11.9. The number of hydrogen-bond donors (Lipinski definition) is 0. The highest BCUT2D eigenvalue weighted by atomic mass is 127. The van der Waals surface area contributed by atoms with E-state index in [2.05, 4.69) is 36.4 Å². The molecule has 110 valence electrons. The van der Waals surface area contributed by atoms with Crippen molar-refractivity contribution in [2.24, 2.45) is 5.92 Å². The van der Waals surface area contributed by atoms with Crippen LogP contribution in [0.5, 0.6) is 5.75 Å². The van der Waals surface area contributed by atoms with Crippen LogP contribution in [-0.4, -0.2) is 32.3 Å². The largest absolute Gasteiger partial charge is 0.482 e. The molecule has 0 aromatic heterocycles. The highest BCUT2D eigenvalue weighted by Gasteiger charge is 2.25. The number of rotatable bonds is 6. The molecule has 0 spiro atoms. The number of carbonyl (C=O) groups is 1. The predicted molar refractivity (Wildman–Crippen MR) is 87.3 cm³/mol.